The molecule has 0 bridgehead atoms. The normalized spacial score (nSPS) is 10.7. The first-order valence-corrected chi connectivity index (χ1v) is 7.70. The van der Waals surface area contributed by atoms with Crippen molar-refractivity contribution in [2.45, 2.75) is 20.4 Å². The summed E-state index contributed by atoms with van der Waals surface area (Å²) in [6.07, 6.45) is 0. The monoisotopic (exact) mass is 304 g/mol. The van der Waals surface area contributed by atoms with Crippen LogP contribution in [0.2, 0.25) is 0 Å². The minimum Gasteiger partial charge on any atom is -0.326 e. The maximum Gasteiger partial charge on any atom is 0.260 e. The smallest absolute Gasteiger partial charge is 0.260 e. The summed E-state index contributed by atoms with van der Waals surface area (Å²) in [4.78, 5) is 12.9. The molecule has 3 aromatic rings. The molecule has 0 unspecified atom stereocenters. The highest BCUT2D eigenvalue weighted by Gasteiger charge is 2.13. The van der Waals surface area contributed by atoms with Crippen LogP contribution in [0.4, 0.5) is 0 Å². The lowest BCUT2D eigenvalue weighted by molar-refractivity contribution is 0.931. The Morgan fingerprint density at radius 2 is 1.70 bits per heavy atom. The highest BCUT2D eigenvalue weighted by Crippen LogP contribution is 2.26. The molecule has 0 radical (unpaired) electrons. The predicted octanol–water partition coefficient (Wildman–Crippen LogP) is 3.58. The van der Waals surface area contributed by atoms with Gasteiger partial charge in [-0.3, -0.25) is 9.36 Å². The molecule has 1 aromatic heterocycles. The minimum absolute atomic E-state index is 0.0582. The van der Waals surface area contributed by atoms with Crippen molar-refractivity contribution in [3.63, 3.8) is 0 Å². The van der Waals surface area contributed by atoms with Gasteiger partial charge in [0.05, 0.1) is 5.69 Å². The maximum absolute atomic E-state index is 12.9. The van der Waals surface area contributed by atoms with E-state index in [1.807, 2.05) is 42.5 Å². The lowest BCUT2D eigenvalue weighted by atomic mass is 10.0. The largest absolute Gasteiger partial charge is 0.326 e. The first kappa shape index (κ1) is 15.3. The number of aromatic nitrogens is 1. The molecule has 3 heteroatoms. The van der Waals surface area contributed by atoms with Crippen LogP contribution in [0.5, 0.6) is 0 Å². The molecule has 3 rings (SSSR count). The third-order valence-corrected chi connectivity index (χ3v) is 4.06. The highest BCUT2D eigenvalue weighted by atomic mass is 16.1. The van der Waals surface area contributed by atoms with Crippen molar-refractivity contribution in [1.82, 2.24) is 4.57 Å². The van der Waals surface area contributed by atoms with Gasteiger partial charge in [-0.05, 0) is 43.7 Å². The average molecular weight is 304 g/mol. The van der Waals surface area contributed by atoms with Crippen molar-refractivity contribution in [1.29, 1.82) is 0 Å². The molecule has 0 amide bonds. The van der Waals surface area contributed by atoms with E-state index in [-0.39, 0.29) is 12.1 Å². The SMILES string of the molecule is Cc1ccc(C)c(-c2ccc(CN)c(=O)n2-c2ccccc2)c1. The highest BCUT2D eigenvalue weighted by molar-refractivity contribution is 5.67. The van der Waals surface area contributed by atoms with Crippen molar-refractivity contribution >= 4 is 0 Å². The maximum atomic E-state index is 12.9. The van der Waals surface area contributed by atoms with Gasteiger partial charge in [0, 0.05) is 23.4 Å². The number of benzene rings is 2. The molecule has 1 heterocycles. The Labute approximate surface area is 136 Å². The Kier molecular flexibility index (Phi) is 4.13. The summed E-state index contributed by atoms with van der Waals surface area (Å²) in [7, 11) is 0. The van der Waals surface area contributed by atoms with E-state index in [0.717, 1.165) is 22.5 Å². The zero-order chi connectivity index (χ0) is 16.4. The molecule has 2 aromatic carbocycles. The third kappa shape index (κ3) is 2.83. The molecule has 116 valence electrons. The second kappa shape index (κ2) is 6.23. The second-order valence-electron chi connectivity index (χ2n) is 5.74. The fraction of sp³-hybridized carbons (Fsp3) is 0.150. The van der Waals surface area contributed by atoms with Crippen molar-refractivity contribution in [2.75, 3.05) is 0 Å². The molecule has 2 N–H and O–H groups in total. The van der Waals surface area contributed by atoms with Crippen LogP contribution in [0.1, 0.15) is 16.7 Å². The van der Waals surface area contributed by atoms with Crippen LogP contribution in [0.3, 0.4) is 0 Å². The van der Waals surface area contributed by atoms with Crippen LogP contribution >= 0.6 is 0 Å². The lowest BCUT2D eigenvalue weighted by Crippen LogP contribution is -2.25. The van der Waals surface area contributed by atoms with Gasteiger partial charge in [-0.15, -0.1) is 0 Å². The standard InChI is InChI=1S/C20H20N2O/c1-14-8-9-15(2)18(12-14)19-11-10-16(13-21)20(23)22(19)17-6-4-3-5-7-17/h3-12H,13,21H2,1-2H3. The van der Waals surface area contributed by atoms with Crippen LogP contribution in [-0.4, -0.2) is 4.57 Å². The van der Waals surface area contributed by atoms with Gasteiger partial charge in [0.1, 0.15) is 0 Å². The summed E-state index contributed by atoms with van der Waals surface area (Å²) in [5.41, 5.74) is 11.4. The molecule has 0 fully saturated rings. The van der Waals surface area contributed by atoms with E-state index in [0.29, 0.717) is 5.56 Å². The second-order valence-corrected chi connectivity index (χ2v) is 5.74. The van der Waals surface area contributed by atoms with E-state index in [1.165, 1.54) is 5.56 Å². The fourth-order valence-electron chi connectivity index (χ4n) is 2.79. The summed E-state index contributed by atoms with van der Waals surface area (Å²) >= 11 is 0. The van der Waals surface area contributed by atoms with E-state index in [4.69, 9.17) is 5.73 Å². The molecule has 23 heavy (non-hydrogen) atoms. The molecule has 0 spiro atoms. The van der Waals surface area contributed by atoms with Crippen LogP contribution in [0.15, 0.2) is 65.5 Å². The Balaban J connectivity index is 2.36. The summed E-state index contributed by atoms with van der Waals surface area (Å²) in [6.45, 7) is 4.35. The van der Waals surface area contributed by atoms with Crippen molar-refractivity contribution < 1.29 is 0 Å². The minimum atomic E-state index is -0.0582. The fourth-order valence-corrected chi connectivity index (χ4v) is 2.79. The van der Waals surface area contributed by atoms with Crippen LogP contribution in [-0.2, 0) is 6.54 Å². The van der Waals surface area contributed by atoms with Gasteiger partial charge in [0.2, 0.25) is 0 Å². The summed E-state index contributed by atoms with van der Waals surface area (Å²) in [6, 6.07) is 19.8. The number of rotatable bonds is 3. The lowest BCUT2D eigenvalue weighted by Gasteiger charge is -2.16. The zero-order valence-electron chi connectivity index (χ0n) is 13.4. The van der Waals surface area contributed by atoms with Crippen molar-refractivity contribution in [2.24, 2.45) is 5.73 Å². The molecule has 0 saturated heterocycles. The first-order valence-electron chi connectivity index (χ1n) is 7.70. The summed E-state index contributed by atoms with van der Waals surface area (Å²) in [5.74, 6) is 0. The Morgan fingerprint density at radius 1 is 0.957 bits per heavy atom. The van der Waals surface area contributed by atoms with E-state index in [1.54, 1.807) is 4.57 Å². The van der Waals surface area contributed by atoms with Gasteiger partial charge >= 0.3 is 0 Å². The molecule has 0 aliphatic heterocycles. The number of para-hydroxylation sites is 1. The van der Waals surface area contributed by atoms with E-state index in [2.05, 4.69) is 32.0 Å². The Hall–Kier alpha value is -2.65. The number of nitrogens with zero attached hydrogens (tertiary/aromatic N) is 1. The molecular weight excluding hydrogens is 284 g/mol. The van der Waals surface area contributed by atoms with E-state index in [9.17, 15) is 4.79 Å². The van der Waals surface area contributed by atoms with Gasteiger partial charge in [0.25, 0.3) is 5.56 Å². The van der Waals surface area contributed by atoms with Gasteiger partial charge in [0.15, 0.2) is 0 Å². The third-order valence-electron chi connectivity index (χ3n) is 4.06. The molecular formula is C20H20N2O. The number of pyridine rings is 1. The first-order chi connectivity index (χ1) is 11.1. The van der Waals surface area contributed by atoms with Crippen molar-refractivity contribution in [3.05, 3.63) is 87.7 Å². The van der Waals surface area contributed by atoms with E-state index >= 15 is 0 Å². The number of aryl methyl sites for hydroxylation is 2. The number of hydrogen-bond acceptors (Lipinski definition) is 2. The molecule has 0 saturated carbocycles. The Morgan fingerprint density at radius 3 is 2.39 bits per heavy atom. The van der Waals surface area contributed by atoms with E-state index < -0.39 is 0 Å². The molecule has 0 atom stereocenters. The molecule has 3 nitrogen and oxygen atoms in total. The predicted molar refractivity (Wildman–Crippen MR) is 94.8 cm³/mol. The van der Waals surface area contributed by atoms with Crippen LogP contribution in [0, 0.1) is 13.8 Å². The van der Waals surface area contributed by atoms with Gasteiger partial charge in [-0.2, -0.15) is 0 Å². The molecule has 0 aliphatic carbocycles. The summed E-state index contributed by atoms with van der Waals surface area (Å²) in [5, 5.41) is 0. The van der Waals surface area contributed by atoms with Crippen molar-refractivity contribution in [3.8, 4) is 16.9 Å². The van der Waals surface area contributed by atoms with Gasteiger partial charge in [-0.25, -0.2) is 0 Å². The quantitative estimate of drug-likeness (QED) is 0.804. The average Bonchev–Trinajstić information content (AvgIpc) is 2.57. The van der Waals surface area contributed by atoms with Gasteiger partial charge < -0.3 is 5.73 Å². The number of hydrogen-bond donors (Lipinski definition) is 1. The topological polar surface area (TPSA) is 48.0 Å². The van der Waals surface area contributed by atoms with Crippen LogP contribution < -0.4 is 11.3 Å². The number of nitrogens with two attached hydrogens (primary N) is 1. The van der Waals surface area contributed by atoms with Crippen LogP contribution in [0.25, 0.3) is 16.9 Å². The zero-order valence-corrected chi connectivity index (χ0v) is 13.4. The Bertz CT molecular complexity index is 895. The molecule has 0 aliphatic rings. The van der Waals surface area contributed by atoms with Gasteiger partial charge in [-0.1, -0.05) is 42.0 Å². The summed E-state index contributed by atoms with van der Waals surface area (Å²) < 4.78 is 1.75.